The first kappa shape index (κ1) is 11.5. The molecule has 2 heterocycles. The number of hydrogen-bond acceptors (Lipinski definition) is 3. The Kier molecular flexibility index (Phi) is 2.92. The largest absolute Gasteiger partial charge is 0.354 e. The lowest BCUT2D eigenvalue weighted by Gasteiger charge is -2.29. The standard InChI is InChI=1S/C15H19N3/c1-11-3-4-14-13(9-11)10-12(2)15(17-14)18-7-5-16-6-8-18/h3-4,9-10,16H,5-8H2,1-2H3. The van der Waals surface area contributed by atoms with Gasteiger partial charge < -0.3 is 10.2 Å². The Balaban J connectivity index is 2.06. The van der Waals surface area contributed by atoms with Crippen molar-refractivity contribution >= 4 is 16.7 Å². The molecule has 3 nitrogen and oxygen atoms in total. The summed E-state index contributed by atoms with van der Waals surface area (Å²) in [6, 6.07) is 8.71. The third-order valence-corrected chi connectivity index (χ3v) is 3.55. The van der Waals surface area contributed by atoms with E-state index >= 15 is 0 Å². The maximum Gasteiger partial charge on any atom is 0.132 e. The van der Waals surface area contributed by atoms with E-state index in [0.717, 1.165) is 37.5 Å². The van der Waals surface area contributed by atoms with Crippen molar-refractivity contribution < 1.29 is 0 Å². The van der Waals surface area contributed by atoms with Crippen LogP contribution in [-0.2, 0) is 0 Å². The molecule has 1 fully saturated rings. The minimum atomic E-state index is 1.05. The van der Waals surface area contributed by atoms with Crippen molar-refractivity contribution in [3.05, 3.63) is 35.4 Å². The highest BCUT2D eigenvalue weighted by molar-refractivity contribution is 5.82. The van der Waals surface area contributed by atoms with Crippen LogP contribution >= 0.6 is 0 Å². The van der Waals surface area contributed by atoms with E-state index in [1.165, 1.54) is 16.5 Å². The first-order valence-electron chi connectivity index (χ1n) is 6.58. The Morgan fingerprint density at radius 2 is 1.89 bits per heavy atom. The molecular weight excluding hydrogens is 222 g/mol. The van der Waals surface area contributed by atoms with Crippen molar-refractivity contribution in [1.29, 1.82) is 0 Å². The molecule has 3 heteroatoms. The van der Waals surface area contributed by atoms with Crippen molar-refractivity contribution in [2.75, 3.05) is 31.1 Å². The fourth-order valence-electron chi connectivity index (χ4n) is 2.59. The van der Waals surface area contributed by atoms with Crippen LogP contribution in [0.1, 0.15) is 11.1 Å². The van der Waals surface area contributed by atoms with Gasteiger partial charge in [0.05, 0.1) is 5.52 Å². The van der Waals surface area contributed by atoms with Crippen LogP contribution in [-0.4, -0.2) is 31.2 Å². The summed E-state index contributed by atoms with van der Waals surface area (Å²) in [6.45, 7) is 8.47. The SMILES string of the molecule is Cc1ccc2nc(N3CCNCC3)c(C)cc2c1. The van der Waals surface area contributed by atoms with E-state index < -0.39 is 0 Å². The number of fused-ring (bicyclic) bond motifs is 1. The second-order valence-corrected chi connectivity index (χ2v) is 5.06. The lowest BCUT2D eigenvalue weighted by molar-refractivity contribution is 0.584. The minimum Gasteiger partial charge on any atom is -0.354 e. The molecule has 1 aliphatic heterocycles. The zero-order valence-corrected chi connectivity index (χ0v) is 11.0. The molecule has 94 valence electrons. The number of nitrogens with one attached hydrogen (secondary N) is 1. The first-order chi connectivity index (χ1) is 8.74. The summed E-state index contributed by atoms with van der Waals surface area (Å²) in [5.41, 5.74) is 3.66. The molecule has 0 saturated carbocycles. The summed E-state index contributed by atoms with van der Waals surface area (Å²) >= 11 is 0. The molecule has 1 aromatic carbocycles. The smallest absolute Gasteiger partial charge is 0.132 e. The average molecular weight is 241 g/mol. The molecule has 18 heavy (non-hydrogen) atoms. The number of nitrogens with zero attached hydrogens (tertiary/aromatic N) is 2. The van der Waals surface area contributed by atoms with Crippen LogP contribution in [0.5, 0.6) is 0 Å². The Labute approximate surface area is 108 Å². The van der Waals surface area contributed by atoms with E-state index in [9.17, 15) is 0 Å². The molecule has 2 aromatic rings. The highest BCUT2D eigenvalue weighted by atomic mass is 15.2. The first-order valence-corrected chi connectivity index (χ1v) is 6.58. The third-order valence-electron chi connectivity index (χ3n) is 3.55. The van der Waals surface area contributed by atoms with Gasteiger partial charge in [0, 0.05) is 31.6 Å². The Morgan fingerprint density at radius 3 is 2.67 bits per heavy atom. The van der Waals surface area contributed by atoms with Gasteiger partial charge in [0.1, 0.15) is 5.82 Å². The molecule has 0 amide bonds. The summed E-state index contributed by atoms with van der Waals surface area (Å²) in [4.78, 5) is 7.22. The van der Waals surface area contributed by atoms with Gasteiger partial charge in [-0.25, -0.2) is 4.98 Å². The molecular formula is C15H19N3. The van der Waals surface area contributed by atoms with Crippen LogP contribution in [0.25, 0.3) is 10.9 Å². The zero-order chi connectivity index (χ0) is 12.5. The normalized spacial score (nSPS) is 16.2. The fraction of sp³-hybridized carbons (Fsp3) is 0.400. The van der Waals surface area contributed by atoms with Gasteiger partial charge in [-0.1, -0.05) is 11.6 Å². The molecule has 0 spiro atoms. The van der Waals surface area contributed by atoms with E-state index in [1.54, 1.807) is 0 Å². The van der Waals surface area contributed by atoms with Crippen LogP contribution < -0.4 is 10.2 Å². The number of rotatable bonds is 1. The predicted molar refractivity (Wildman–Crippen MR) is 76.3 cm³/mol. The molecule has 3 rings (SSSR count). The van der Waals surface area contributed by atoms with Crippen LogP contribution in [0.15, 0.2) is 24.3 Å². The second kappa shape index (κ2) is 4.58. The van der Waals surface area contributed by atoms with Gasteiger partial charge >= 0.3 is 0 Å². The average Bonchev–Trinajstić information content (AvgIpc) is 2.39. The van der Waals surface area contributed by atoms with Gasteiger partial charge in [-0.05, 0) is 37.6 Å². The van der Waals surface area contributed by atoms with Gasteiger partial charge in [-0.15, -0.1) is 0 Å². The van der Waals surface area contributed by atoms with E-state index in [0.29, 0.717) is 0 Å². The van der Waals surface area contributed by atoms with Gasteiger partial charge in [0.25, 0.3) is 0 Å². The van der Waals surface area contributed by atoms with Crippen LogP contribution in [0.4, 0.5) is 5.82 Å². The quantitative estimate of drug-likeness (QED) is 0.830. The van der Waals surface area contributed by atoms with E-state index in [-0.39, 0.29) is 0 Å². The van der Waals surface area contributed by atoms with Crippen molar-refractivity contribution in [2.45, 2.75) is 13.8 Å². The molecule has 0 atom stereocenters. The Morgan fingerprint density at radius 1 is 1.11 bits per heavy atom. The zero-order valence-electron chi connectivity index (χ0n) is 11.0. The van der Waals surface area contributed by atoms with Crippen LogP contribution in [0.2, 0.25) is 0 Å². The number of anilines is 1. The number of pyridine rings is 1. The number of benzene rings is 1. The highest BCUT2D eigenvalue weighted by Gasteiger charge is 2.14. The van der Waals surface area contributed by atoms with Gasteiger partial charge in [-0.2, -0.15) is 0 Å². The van der Waals surface area contributed by atoms with Crippen molar-refractivity contribution in [3.8, 4) is 0 Å². The fourth-order valence-corrected chi connectivity index (χ4v) is 2.59. The summed E-state index contributed by atoms with van der Waals surface area (Å²) in [6.07, 6.45) is 0. The Hall–Kier alpha value is -1.61. The van der Waals surface area contributed by atoms with Crippen LogP contribution in [0, 0.1) is 13.8 Å². The molecule has 0 aliphatic carbocycles. The number of aromatic nitrogens is 1. The van der Waals surface area contributed by atoms with Gasteiger partial charge in [0.2, 0.25) is 0 Å². The summed E-state index contributed by atoms with van der Waals surface area (Å²) in [5, 5.41) is 4.62. The van der Waals surface area contributed by atoms with Gasteiger partial charge in [0.15, 0.2) is 0 Å². The third kappa shape index (κ3) is 2.06. The van der Waals surface area contributed by atoms with E-state index in [2.05, 4.69) is 48.3 Å². The summed E-state index contributed by atoms with van der Waals surface area (Å²) in [7, 11) is 0. The minimum absolute atomic E-state index is 1.05. The molecule has 0 unspecified atom stereocenters. The highest BCUT2D eigenvalue weighted by Crippen LogP contribution is 2.23. The van der Waals surface area contributed by atoms with Crippen LogP contribution in [0.3, 0.4) is 0 Å². The predicted octanol–water partition coefficient (Wildman–Crippen LogP) is 2.26. The molecule has 1 N–H and O–H groups in total. The molecule has 1 aliphatic rings. The van der Waals surface area contributed by atoms with E-state index in [4.69, 9.17) is 4.98 Å². The molecule has 1 saturated heterocycles. The van der Waals surface area contributed by atoms with Crippen molar-refractivity contribution in [1.82, 2.24) is 10.3 Å². The number of aryl methyl sites for hydroxylation is 2. The van der Waals surface area contributed by atoms with Crippen molar-refractivity contribution in [3.63, 3.8) is 0 Å². The molecule has 0 bridgehead atoms. The summed E-state index contributed by atoms with van der Waals surface area (Å²) in [5.74, 6) is 1.15. The monoisotopic (exact) mass is 241 g/mol. The summed E-state index contributed by atoms with van der Waals surface area (Å²) < 4.78 is 0. The topological polar surface area (TPSA) is 28.2 Å². The molecule has 1 aromatic heterocycles. The number of hydrogen-bond donors (Lipinski definition) is 1. The van der Waals surface area contributed by atoms with Crippen molar-refractivity contribution in [2.24, 2.45) is 0 Å². The van der Waals surface area contributed by atoms with E-state index in [1.807, 2.05) is 0 Å². The maximum absolute atomic E-state index is 4.84. The lowest BCUT2D eigenvalue weighted by atomic mass is 10.1. The Bertz CT molecular complexity index is 571. The lowest BCUT2D eigenvalue weighted by Crippen LogP contribution is -2.44. The molecule has 0 radical (unpaired) electrons. The second-order valence-electron chi connectivity index (χ2n) is 5.06. The maximum atomic E-state index is 4.84. The number of piperazine rings is 1. The van der Waals surface area contributed by atoms with Gasteiger partial charge in [-0.3, -0.25) is 0 Å².